The number of nitrogens with one attached hydrogen (secondary N) is 1. The minimum absolute atomic E-state index is 0.190. The van der Waals surface area contributed by atoms with Crippen molar-refractivity contribution >= 4 is 29.1 Å². The Hall–Kier alpha value is -1.24. The molecule has 1 aromatic carbocycles. The molecular formula is C11H10Cl2N2O. The molecule has 0 saturated carbocycles. The first-order valence-corrected chi connectivity index (χ1v) is 5.31. The Morgan fingerprint density at radius 1 is 1.44 bits per heavy atom. The van der Waals surface area contributed by atoms with Gasteiger partial charge in [-0.1, -0.05) is 29.3 Å². The molecule has 0 saturated heterocycles. The summed E-state index contributed by atoms with van der Waals surface area (Å²) in [5.74, 6) is -0.418. The molecule has 0 unspecified atom stereocenters. The fourth-order valence-corrected chi connectivity index (χ4v) is 1.44. The van der Waals surface area contributed by atoms with E-state index in [4.69, 9.17) is 28.5 Å². The normalized spacial score (nSPS) is 10.7. The number of rotatable bonds is 2. The zero-order chi connectivity index (χ0) is 12.3. The number of nitriles is 1. The van der Waals surface area contributed by atoms with Gasteiger partial charge in [-0.3, -0.25) is 4.79 Å². The Bertz CT molecular complexity index is 464. The lowest BCUT2D eigenvalue weighted by atomic mass is 10.1. The third-order valence-corrected chi connectivity index (χ3v) is 2.72. The van der Waals surface area contributed by atoms with Crippen LogP contribution in [-0.4, -0.2) is 11.4 Å². The van der Waals surface area contributed by atoms with Gasteiger partial charge in [-0.05, 0) is 26.0 Å². The maximum Gasteiger partial charge on any atom is 0.254 e. The molecule has 1 amide bonds. The molecule has 0 radical (unpaired) electrons. The van der Waals surface area contributed by atoms with Crippen molar-refractivity contribution in [2.75, 3.05) is 0 Å². The van der Waals surface area contributed by atoms with Crippen LogP contribution in [0.25, 0.3) is 0 Å². The molecule has 0 spiro atoms. The highest BCUT2D eigenvalue weighted by Gasteiger charge is 2.22. The van der Waals surface area contributed by atoms with Crippen LogP contribution in [0.1, 0.15) is 24.2 Å². The summed E-state index contributed by atoms with van der Waals surface area (Å²) in [6, 6.07) is 6.74. The summed E-state index contributed by atoms with van der Waals surface area (Å²) in [5.41, 5.74) is -0.680. The van der Waals surface area contributed by atoms with E-state index < -0.39 is 11.4 Å². The van der Waals surface area contributed by atoms with Gasteiger partial charge in [0.25, 0.3) is 5.91 Å². The summed E-state index contributed by atoms with van der Waals surface area (Å²) < 4.78 is 0. The van der Waals surface area contributed by atoms with Gasteiger partial charge >= 0.3 is 0 Å². The molecule has 0 bridgehead atoms. The Labute approximate surface area is 104 Å². The molecule has 0 aliphatic heterocycles. The van der Waals surface area contributed by atoms with Crippen LogP contribution in [0.15, 0.2) is 18.2 Å². The molecule has 0 aliphatic rings. The van der Waals surface area contributed by atoms with E-state index in [0.717, 1.165) is 0 Å². The van der Waals surface area contributed by atoms with Crippen LogP contribution in [-0.2, 0) is 0 Å². The van der Waals surface area contributed by atoms with Gasteiger partial charge in [0, 0.05) is 0 Å². The molecule has 0 heterocycles. The number of amides is 1. The summed E-state index contributed by atoms with van der Waals surface area (Å²) in [6.45, 7) is 3.20. The van der Waals surface area contributed by atoms with Gasteiger partial charge in [0.1, 0.15) is 5.54 Å². The summed E-state index contributed by atoms with van der Waals surface area (Å²) in [7, 11) is 0. The van der Waals surface area contributed by atoms with Crippen molar-refractivity contribution in [3.63, 3.8) is 0 Å². The molecule has 3 nitrogen and oxygen atoms in total. The largest absolute Gasteiger partial charge is 0.334 e. The Morgan fingerprint density at radius 2 is 2.06 bits per heavy atom. The lowest BCUT2D eigenvalue weighted by Crippen LogP contribution is -2.42. The predicted molar refractivity (Wildman–Crippen MR) is 63.6 cm³/mol. The van der Waals surface area contributed by atoms with Crippen molar-refractivity contribution in [1.82, 2.24) is 5.32 Å². The fraction of sp³-hybridized carbons (Fsp3) is 0.273. The van der Waals surface area contributed by atoms with Crippen LogP contribution in [0.4, 0.5) is 0 Å². The summed E-state index contributed by atoms with van der Waals surface area (Å²) in [5, 5.41) is 11.8. The molecule has 16 heavy (non-hydrogen) atoms. The molecule has 0 fully saturated rings. The number of carbonyl (C=O) groups is 1. The molecule has 1 aromatic rings. The number of halogens is 2. The molecular weight excluding hydrogens is 247 g/mol. The fourth-order valence-electron chi connectivity index (χ4n) is 1.06. The van der Waals surface area contributed by atoms with E-state index in [0.29, 0.717) is 5.02 Å². The SMILES string of the molecule is CC(C)(C#N)NC(=O)c1cccc(Cl)c1Cl. The smallest absolute Gasteiger partial charge is 0.254 e. The van der Waals surface area contributed by atoms with Crippen molar-refractivity contribution < 1.29 is 4.79 Å². The summed E-state index contributed by atoms with van der Waals surface area (Å²) in [6.07, 6.45) is 0. The average Bonchev–Trinajstić information content (AvgIpc) is 2.21. The minimum atomic E-state index is -0.942. The highest BCUT2D eigenvalue weighted by Crippen LogP contribution is 2.25. The quantitative estimate of drug-likeness (QED) is 0.885. The number of benzene rings is 1. The first kappa shape index (κ1) is 12.8. The molecule has 84 valence electrons. The molecule has 1 N–H and O–H groups in total. The standard InChI is InChI=1S/C11H10Cl2N2O/c1-11(2,6-14)15-10(16)7-4-3-5-8(12)9(7)13/h3-5H,1-2H3,(H,15,16). The van der Waals surface area contributed by atoms with Crippen LogP contribution >= 0.6 is 23.2 Å². The van der Waals surface area contributed by atoms with E-state index in [-0.39, 0.29) is 10.6 Å². The highest BCUT2D eigenvalue weighted by atomic mass is 35.5. The number of nitrogens with zero attached hydrogens (tertiary/aromatic N) is 1. The molecule has 0 aromatic heterocycles. The van der Waals surface area contributed by atoms with E-state index in [1.54, 1.807) is 32.0 Å². The molecule has 0 atom stereocenters. The highest BCUT2D eigenvalue weighted by molar-refractivity contribution is 6.43. The van der Waals surface area contributed by atoms with Crippen molar-refractivity contribution in [3.05, 3.63) is 33.8 Å². The lowest BCUT2D eigenvalue weighted by Gasteiger charge is -2.17. The van der Waals surface area contributed by atoms with Gasteiger partial charge in [0.2, 0.25) is 0 Å². The van der Waals surface area contributed by atoms with Crippen molar-refractivity contribution in [1.29, 1.82) is 5.26 Å². The van der Waals surface area contributed by atoms with Gasteiger partial charge in [0.05, 0.1) is 21.7 Å². The monoisotopic (exact) mass is 256 g/mol. The second-order valence-corrected chi connectivity index (χ2v) is 4.58. The second-order valence-electron chi connectivity index (χ2n) is 3.79. The topological polar surface area (TPSA) is 52.9 Å². The average molecular weight is 257 g/mol. The zero-order valence-corrected chi connectivity index (χ0v) is 10.4. The Balaban J connectivity index is 2.99. The van der Waals surface area contributed by atoms with Crippen molar-refractivity contribution in [3.8, 4) is 6.07 Å². The van der Waals surface area contributed by atoms with Gasteiger partial charge in [-0.25, -0.2) is 0 Å². The van der Waals surface area contributed by atoms with E-state index in [1.807, 2.05) is 6.07 Å². The molecule has 0 aliphatic carbocycles. The van der Waals surface area contributed by atoms with Crippen molar-refractivity contribution in [2.24, 2.45) is 0 Å². The third-order valence-electron chi connectivity index (χ3n) is 1.90. The van der Waals surface area contributed by atoms with E-state index >= 15 is 0 Å². The number of hydrogen-bond acceptors (Lipinski definition) is 2. The molecule has 5 heteroatoms. The van der Waals surface area contributed by atoms with E-state index in [1.165, 1.54) is 0 Å². The van der Waals surface area contributed by atoms with Gasteiger partial charge in [-0.2, -0.15) is 5.26 Å². The van der Waals surface area contributed by atoms with Gasteiger partial charge in [0.15, 0.2) is 0 Å². The van der Waals surface area contributed by atoms with E-state index in [2.05, 4.69) is 5.32 Å². The lowest BCUT2D eigenvalue weighted by molar-refractivity contribution is 0.0929. The first-order valence-electron chi connectivity index (χ1n) is 4.55. The predicted octanol–water partition coefficient (Wildman–Crippen LogP) is 3.03. The van der Waals surface area contributed by atoms with Crippen LogP contribution in [0.3, 0.4) is 0 Å². The summed E-state index contributed by atoms with van der Waals surface area (Å²) >= 11 is 11.7. The zero-order valence-electron chi connectivity index (χ0n) is 8.84. The van der Waals surface area contributed by atoms with E-state index in [9.17, 15) is 4.79 Å². The maximum atomic E-state index is 11.8. The number of hydrogen-bond donors (Lipinski definition) is 1. The van der Waals surface area contributed by atoms with Gasteiger partial charge < -0.3 is 5.32 Å². The number of carbonyl (C=O) groups excluding carboxylic acids is 1. The Morgan fingerprint density at radius 3 is 2.62 bits per heavy atom. The van der Waals surface area contributed by atoms with Gasteiger partial charge in [-0.15, -0.1) is 0 Å². The molecule has 1 rings (SSSR count). The third kappa shape index (κ3) is 2.88. The second kappa shape index (κ2) is 4.73. The first-order chi connectivity index (χ1) is 7.37. The Kier molecular flexibility index (Phi) is 3.79. The maximum absolute atomic E-state index is 11.8. The minimum Gasteiger partial charge on any atom is -0.334 e. The van der Waals surface area contributed by atoms with Crippen LogP contribution in [0, 0.1) is 11.3 Å². The van der Waals surface area contributed by atoms with Crippen LogP contribution in [0.2, 0.25) is 10.0 Å². The summed E-state index contributed by atoms with van der Waals surface area (Å²) in [4.78, 5) is 11.8. The van der Waals surface area contributed by atoms with Crippen molar-refractivity contribution in [2.45, 2.75) is 19.4 Å². The van der Waals surface area contributed by atoms with Crippen LogP contribution < -0.4 is 5.32 Å². The van der Waals surface area contributed by atoms with Crippen LogP contribution in [0.5, 0.6) is 0 Å².